The van der Waals surface area contributed by atoms with Crippen LogP contribution in [0.1, 0.15) is 45.1 Å². The number of hydrogen-bond donors (Lipinski definition) is 1. The van der Waals surface area contributed by atoms with Crippen LogP contribution >= 0.6 is 0 Å². The molecule has 1 rings (SSSR count). The Kier molecular flexibility index (Phi) is 13.1. The van der Waals surface area contributed by atoms with E-state index in [4.69, 9.17) is 0 Å². The van der Waals surface area contributed by atoms with Gasteiger partial charge < -0.3 is 9.87 Å². The fourth-order valence-corrected chi connectivity index (χ4v) is 1.92. The van der Waals surface area contributed by atoms with Crippen LogP contribution in [0.3, 0.4) is 0 Å². The molecule has 1 N–H and O–H groups in total. The third-order valence-corrected chi connectivity index (χ3v) is 3.70. The van der Waals surface area contributed by atoms with Crippen LogP contribution in [0.4, 0.5) is 0 Å². The molecular weight excluding hydrogens is 285 g/mol. The van der Waals surface area contributed by atoms with Gasteiger partial charge in [0.2, 0.25) is 0 Å². The van der Waals surface area contributed by atoms with Crippen molar-refractivity contribution in [2.45, 2.75) is 44.4 Å². The zero-order valence-corrected chi connectivity index (χ0v) is 16.0. The Morgan fingerprint density at radius 1 is 1.20 bits per heavy atom. The van der Waals surface area contributed by atoms with Crippen LogP contribution in [-0.2, 0) is 10.1 Å². The topological polar surface area (TPSA) is 69.2 Å². The maximum atomic E-state index is 10.6. The molecule has 4 nitrogen and oxygen atoms in total. The van der Waals surface area contributed by atoms with Crippen LogP contribution in [0.25, 0.3) is 0 Å². The molecule has 110 valence electrons. The van der Waals surface area contributed by atoms with Gasteiger partial charge in [0, 0.05) is 0 Å². The van der Waals surface area contributed by atoms with Gasteiger partial charge in [-0.2, -0.15) is 0 Å². The normalized spacial score (nSPS) is 11.8. The molecular formula is C14H24NNaO3S. The predicted molar refractivity (Wildman–Crippen MR) is 77.3 cm³/mol. The van der Waals surface area contributed by atoms with Crippen molar-refractivity contribution < 1.29 is 42.5 Å². The van der Waals surface area contributed by atoms with Gasteiger partial charge in [0.15, 0.2) is 0 Å². The Morgan fingerprint density at radius 3 is 1.95 bits per heavy atom. The quantitative estimate of drug-likeness (QED) is 0.600. The second kappa shape index (κ2) is 11.7. The van der Waals surface area contributed by atoms with Gasteiger partial charge in [0.25, 0.3) is 0 Å². The first-order valence-corrected chi connectivity index (χ1v) is 7.98. The van der Waals surface area contributed by atoms with E-state index in [9.17, 15) is 13.0 Å². The van der Waals surface area contributed by atoms with Gasteiger partial charge >= 0.3 is 29.6 Å². The molecule has 0 fully saturated rings. The molecule has 1 unspecified atom stereocenters. The largest absolute Gasteiger partial charge is 1.00 e. The minimum Gasteiger partial charge on any atom is -0.744 e. The number of nitrogens with one attached hydrogen (secondary N) is 1. The minimum atomic E-state index is -4.30. The Labute approximate surface area is 145 Å². The first kappa shape index (κ1) is 22.4. The smallest absolute Gasteiger partial charge is 0.744 e. The van der Waals surface area contributed by atoms with Crippen molar-refractivity contribution in [2.24, 2.45) is 0 Å². The zero-order chi connectivity index (χ0) is 14.9. The summed E-state index contributed by atoms with van der Waals surface area (Å²) in [5.74, 6) is 0.387. The third-order valence-electron chi connectivity index (χ3n) is 2.85. The van der Waals surface area contributed by atoms with Crippen LogP contribution in [0.5, 0.6) is 0 Å². The Hall–Kier alpha value is 0.0900. The van der Waals surface area contributed by atoms with Crippen molar-refractivity contribution in [1.82, 2.24) is 5.32 Å². The molecule has 0 aliphatic rings. The van der Waals surface area contributed by atoms with E-state index in [0.29, 0.717) is 5.92 Å². The molecule has 0 heterocycles. The first-order valence-electron chi connectivity index (χ1n) is 6.57. The zero-order valence-electron chi connectivity index (χ0n) is 13.1. The average molecular weight is 309 g/mol. The monoisotopic (exact) mass is 309 g/mol. The Bertz CT molecular complexity index is 444. The second-order valence-electron chi connectivity index (χ2n) is 4.44. The molecule has 20 heavy (non-hydrogen) atoms. The molecule has 0 aliphatic carbocycles. The van der Waals surface area contributed by atoms with Gasteiger partial charge in [0.1, 0.15) is 10.1 Å². The van der Waals surface area contributed by atoms with Gasteiger partial charge in [-0.1, -0.05) is 32.9 Å². The van der Waals surface area contributed by atoms with Crippen LogP contribution in [-0.4, -0.2) is 26.6 Å². The molecule has 0 radical (unpaired) electrons. The number of benzene rings is 1. The summed E-state index contributed by atoms with van der Waals surface area (Å²) in [5, 5.41) is 3.02. The summed E-state index contributed by atoms with van der Waals surface area (Å²) in [6, 6.07) is 6.12. The fraction of sp³-hybridized carbons (Fsp3) is 0.571. The summed E-state index contributed by atoms with van der Waals surface area (Å²) < 4.78 is 31.9. The third kappa shape index (κ3) is 9.10. The Balaban J connectivity index is 0. The van der Waals surface area contributed by atoms with Crippen molar-refractivity contribution in [3.8, 4) is 0 Å². The van der Waals surface area contributed by atoms with E-state index in [0.717, 1.165) is 18.5 Å². The van der Waals surface area contributed by atoms with Crippen LogP contribution in [0.15, 0.2) is 29.2 Å². The van der Waals surface area contributed by atoms with E-state index < -0.39 is 10.1 Å². The molecule has 0 amide bonds. The van der Waals surface area contributed by atoms with E-state index in [1.807, 2.05) is 7.05 Å². The molecule has 6 heteroatoms. The molecule has 0 saturated carbocycles. The number of rotatable bonds is 5. The maximum absolute atomic E-state index is 10.6. The minimum absolute atomic E-state index is 0. The van der Waals surface area contributed by atoms with Crippen molar-refractivity contribution in [3.63, 3.8) is 0 Å². The summed E-state index contributed by atoms with van der Waals surface area (Å²) in [4.78, 5) is -0.162. The van der Waals surface area contributed by atoms with Gasteiger partial charge in [-0.15, -0.1) is 0 Å². The molecule has 1 aromatic carbocycles. The molecule has 0 saturated heterocycles. The fourth-order valence-electron chi connectivity index (χ4n) is 1.45. The standard InChI is InChI=1S/C10H14O3S.C4H11N.Na/c1-3-8(2)9-4-6-10(7-5-9)14(11,12)13;1-3-4-5-2;/h4-8H,3H2,1-2H3,(H,11,12,13);5H,3-4H2,1-2H3;/q;;+1/p-1. The van der Waals surface area contributed by atoms with E-state index in [1.165, 1.54) is 18.6 Å². The van der Waals surface area contributed by atoms with Crippen LogP contribution < -0.4 is 34.9 Å². The second-order valence-corrected chi connectivity index (χ2v) is 5.82. The summed E-state index contributed by atoms with van der Waals surface area (Å²) in [6.45, 7) is 7.40. The summed E-state index contributed by atoms with van der Waals surface area (Å²) in [7, 11) is -2.34. The number of hydrogen-bond acceptors (Lipinski definition) is 4. The van der Waals surface area contributed by atoms with Gasteiger partial charge in [-0.05, 0) is 50.0 Å². The molecule has 0 spiro atoms. The SMILES string of the molecule is CCC(C)c1ccc(S(=O)(=O)[O-])cc1.CCCNC.[Na+]. The summed E-state index contributed by atoms with van der Waals surface area (Å²) in [5.41, 5.74) is 1.06. The van der Waals surface area contributed by atoms with Gasteiger partial charge in [-0.25, -0.2) is 8.42 Å². The van der Waals surface area contributed by atoms with Crippen molar-refractivity contribution in [3.05, 3.63) is 29.8 Å². The Morgan fingerprint density at radius 2 is 1.70 bits per heavy atom. The van der Waals surface area contributed by atoms with Gasteiger partial charge in [-0.3, -0.25) is 0 Å². The predicted octanol–water partition coefficient (Wildman–Crippen LogP) is -0.276. The molecule has 1 atom stereocenters. The maximum Gasteiger partial charge on any atom is 1.00 e. The van der Waals surface area contributed by atoms with Crippen molar-refractivity contribution in [1.29, 1.82) is 0 Å². The summed E-state index contributed by atoms with van der Waals surface area (Å²) in [6.07, 6.45) is 2.22. The van der Waals surface area contributed by atoms with Gasteiger partial charge in [0.05, 0.1) is 4.90 Å². The van der Waals surface area contributed by atoms with Crippen LogP contribution in [0.2, 0.25) is 0 Å². The molecule has 1 aromatic rings. The first-order chi connectivity index (χ1) is 8.86. The van der Waals surface area contributed by atoms with E-state index in [-0.39, 0.29) is 34.5 Å². The van der Waals surface area contributed by atoms with Crippen molar-refractivity contribution >= 4 is 10.1 Å². The molecule has 0 aliphatic heterocycles. The van der Waals surface area contributed by atoms with E-state index in [1.54, 1.807) is 12.1 Å². The van der Waals surface area contributed by atoms with E-state index in [2.05, 4.69) is 26.1 Å². The van der Waals surface area contributed by atoms with Crippen LogP contribution in [0, 0.1) is 0 Å². The molecule has 0 aromatic heterocycles. The molecule has 0 bridgehead atoms. The summed E-state index contributed by atoms with van der Waals surface area (Å²) >= 11 is 0. The van der Waals surface area contributed by atoms with Crippen molar-refractivity contribution in [2.75, 3.05) is 13.6 Å². The average Bonchev–Trinajstić information content (AvgIpc) is 2.38. The van der Waals surface area contributed by atoms with E-state index >= 15 is 0 Å².